The van der Waals surface area contributed by atoms with E-state index in [2.05, 4.69) is 25.6 Å². The number of amides is 1. The lowest BCUT2D eigenvalue weighted by Crippen LogP contribution is -2.35. The molecule has 0 spiro atoms. The van der Waals surface area contributed by atoms with Gasteiger partial charge in [0.25, 0.3) is 5.91 Å². The Kier molecular flexibility index (Phi) is 4.61. The van der Waals surface area contributed by atoms with E-state index in [1.54, 1.807) is 19.2 Å². The summed E-state index contributed by atoms with van der Waals surface area (Å²) >= 11 is 5.88. The number of nitrogens with one attached hydrogen (secondary N) is 2. The average molecular weight is 426 g/mol. The zero-order chi connectivity index (χ0) is 20.7. The van der Waals surface area contributed by atoms with E-state index in [9.17, 15) is 4.79 Å². The van der Waals surface area contributed by atoms with Crippen LogP contribution in [0.4, 0.5) is 5.69 Å². The molecule has 9 nitrogen and oxygen atoms in total. The monoisotopic (exact) mass is 425 g/mol. The fourth-order valence-electron chi connectivity index (χ4n) is 3.47. The fourth-order valence-corrected chi connectivity index (χ4v) is 3.61. The van der Waals surface area contributed by atoms with Crippen LogP contribution in [0.2, 0.25) is 5.15 Å². The molecule has 10 heteroatoms. The first-order chi connectivity index (χ1) is 14.6. The lowest BCUT2D eigenvalue weighted by Gasteiger charge is -2.16. The molecule has 1 amide bonds. The molecule has 1 aliphatic rings. The van der Waals surface area contributed by atoms with Gasteiger partial charge in [0, 0.05) is 31.2 Å². The quantitative estimate of drug-likeness (QED) is 0.478. The number of methoxy groups -OCH3 is 1. The SMILES string of the molecule is COC[C@H]1CNC(=O)c2oc3ccc4nc(Oc5cc(Cl)ncn5)ccc4c3c2N1. The van der Waals surface area contributed by atoms with Crippen LogP contribution < -0.4 is 15.4 Å². The van der Waals surface area contributed by atoms with Crippen molar-refractivity contribution in [3.05, 3.63) is 47.6 Å². The number of pyridine rings is 1. The van der Waals surface area contributed by atoms with Crippen LogP contribution in [-0.2, 0) is 4.74 Å². The van der Waals surface area contributed by atoms with Gasteiger partial charge < -0.3 is 24.5 Å². The Morgan fingerprint density at radius 2 is 2.13 bits per heavy atom. The standard InChI is InChI=1S/C20H16ClN5O4/c1-28-8-10-7-22-20(27)19-18(25-10)17-11-2-5-15(26-12(11)3-4-13(17)29-19)30-16-6-14(21)23-9-24-16/h2-6,9-10,25H,7-8H2,1H3,(H,22,27)/t10-/m1/s1. The van der Waals surface area contributed by atoms with Gasteiger partial charge in [-0.15, -0.1) is 0 Å². The molecule has 0 radical (unpaired) electrons. The first-order valence-electron chi connectivity index (χ1n) is 9.17. The Morgan fingerprint density at radius 3 is 2.97 bits per heavy atom. The van der Waals surface area contributed by atoms with Crippen LogP contribution in [0, 0.1) is 0 Å². The zero-order valence-corrected chi connectivity index (χ0v) is 16.6. The second kappa shape index (κ2) is 7.43. The number of anilines is 1. The molecule has 0 saturated heterocycles. The number of nitrogens with zero attached hydrogens (tertiary/aromatic N) is 3. The lowest BCUT2D eigenvalue weighted by molar-refractivity contribution is 0.0926. The van der Waals surface area contributed by atoms with Crippen molar-refractivity contribution < 1.29 is 18.7 Å². The predicted molar refractivity (Wildman–Crippen MR) is 110 cm³/mol. The lowest BCUT2D eigenvalue weighted by atomic mass is 10.1. The second-order valence-corrected chi connectivity index (χ2v) is 7.14. The molecule has 2 N–H and O–H groups in total. The van der Waals surface area contributed by atoms with Crippen LogP contribution in [-0.4, -0.2) is 47.2 Å². The van der Waals surface area contributed by atoms with Crippen LogP contribution in [0.3, 0.4) is 0 Å². The largest absolute Gasteiger partial charge is 0.449 e. The summed E-state index contributed by atoms with van der Waals surface area (Å²) in [5, 5.41) is 8.11. The van der Waals surface area contributed by atoms with Crippen LogP contribution in [0.5, 0.6) is 11.8 Å². The van der Waals surface area contributed by atoms with E-state index in [1.165, 1.54) is 12.4 Å². The number of carbonyl (C=O) groups excluding carboxylic acids is 1. The molecular weight excluding hydrogens is 410 g/mol. The number of ether oxygens (including phenoxy) is 2. The number of aromatic nitrogens is 3. The molecule has 1 aromatic carbocycles. The van der Waals surface area contributed by atoms with E-state index in [0.717, 1.165) is 10.8 Å². The normalized spacial score (nSPS) is 16.1. The Labute approximate surface area is 175 Å². The number of rotatable bonds is 4. The zero-order valence-electron chi connectivity index (χ0n) is 15.8. The number of benzene rings is 1. The van der Waals surface area contributed by atoms with Crippen LogP contribution >= 0.6 is 11.6 Å². The van der Waals surface area contributed by atoms with Gasteiger partial charge in [-0.1, -0.05) is 11.6 Å². The molecule has 5 rings (SSSR count). The minimum atomic E-state index is -0.269. The number of fused-ring (bicyclic) bond motifs is 5. The van der Waals surface area contributed by atoms with E-state index >= 15 is 0 Å². The Hall–Kier alpha value is -3.43. The summed E-state index contributed by atoms with van der Waals surface area (Å²) in [7, 11) is 1.62. The Morgan fingerprint density at radius 1 is 1.23 bits per heavy atom. The van der Waals surface area contributed by atoms with Crippen molar-refractivity contribution in [2.75, 3.05) is 25.6 Å². The van der Waals surface area contributed by atoms with Gasteiger partial charge in [0.05, 0.1) is 29.2 Å². The van der Waals surface area contributed by atoms with Crippen molar-refractivity contribution in [1.82, 2.24) is 20.3 Å². The van der Waals surface area contributed by atoms with Gasteiger partial charge >= 0.3 is 0 Å². The van der Waals surface area contributed by atoms with E-state index in [4.69, 9.17) is 25.5 Å². The van der Waals surface area contributed by atoms with Gasteiger partial charge in [0.15, 0.2) is 0 Å². The highest BCUT2D eigenvalue weighted by molar-refractivity contribution is 6.29. The molecule has 0 saturated carbocycles. The number of hydrogen-bond acceptors (Lipinski definition) is 8. The van der Waals surface area contributed by atoms with E-state index in [0.29, 0.717) is 41.7 Å². The molecule has 152 valence electrons. The molecule has 3 aromatic heterocycles. The molecule has 1 atom stereocenters. The summed E-state index contributed by atoms with van der Waals surface area (Å²) in [4.78, 5) is 24.9. The third-order valence-electron chi connectivity index (χ3n) is 4.75. The van der Waals surface area contributed by atoms with Crippen molar-refractivity contribution in [3.8, 4) is 11.8 Å². The summed E-state index contributed by atoms with van der Waals surface area (Å²) in [6.45, 7) is 0.871. The summed E-state index contributed by atoms with van der Waals surface area (Å²) in [5.74, 6) is 0.621. The molecule has 0 aliphatic carbocycles. The highest BCUT2D eigenvalue weighted by Crippen LogP contribution is 2.38. The predicted octanol–water partition coefficient (Wildman–Crippen LogP) is 3.39. The molecule has 0 fully saturated rings. The molecular formula is C20H16ClN5O4. The topological polar surface area (TPSA) is 111 Å². The van der Waals surface area contributed by atoms with E-state index < -0.39 is 0 Å². The molecule has 30 heavy (non-hydrogen) atoms. The molecule has 1 aliphatic heterocycles. The van der Waals surface area contributed by atoms with Crippen LogP contribution in [0.1, 0.15) is 10.6 Å². The van der Waals surface area contributed by atoms with Gasteiger partial charge in [0.2, 0.25) is 17.5 Å². The Balaban J connectivity index is 1.60. The van der Waals surface area contributed by atoms with Gasteiger partial charge in [-0.25, -0.2) is 15.0 Å². The maximum atomic E-state index is 12.5. The van der Waals surface area contributed by atoms with Crippen molar-refractivity contribution in [1.29, 1.82) is 0 Å². The van der Waals surface area contributed by atoms with Gasteiger partial charge in [-0.05, 0) is 18.2 Å². The number of halogens is 1. The third-order valence-corrected chi connectivity index (χ3v) is 4.95. The number of carbonyl (C=O) groups is 1. The van der Waals surface area contributed by atoms with Crippen molar-refractivity contribution in [2.45, 2.75) is 6.04 Å². The van der Waals surface area contributed by atoms with E-state index in [1.807, 2.05) is 12.1 Å². The fraction of sp³-hybridized carbons (Fsp3) is 0.200. The summed E-state index contributed by atoms with van der Waals surface area (Å²) < 4.78 is 16.8. The van der Waals surface area contributed by atoms with Crippen molar-refractivity contribution >= 4 is 45.1 Å². The molecule has 0 bridgehead atoms. The minimum Gasteiger partial charge on any atom is -0.449 e. The highest BCUT2D eigenvalue weighted by atomic mass is 35.5. The van der Waals surface area contributed by atoms with Crippen molar-refractivity contribution in [2.24, 2.45) is 0 Å². The minimum absolute atomic E-state index is 0.0886. The number of furan rings is 1. The third kappa shape index (κ3) is 3.27. The first-order valence-corrected chi connectivity index (χ1v) is 9.55. The van der Waals surface area contributed by atoms with Crippen LogP contribution in [0.15, 0.2) is 41.1 Å². The maximum absolute atomic E-state index is 12.5. The van der Waals surface area contributed by atoms with Gasteiger partial charge in [-0.3, -0.25) is 4.79 Å². The van der Waals surface area contributed by atoms with Crippen LogP contribution in [0.25, 0.3) is 21.9 Å². The smallest absolute Gasteiger partial charge is 0.289 e. The summed E-state index contributed by atoms with van der Waals surface area (Å²) in [5.41, 5.74) is 1.90. The average Bonchev–Trinajstić information content (AvgIpc) is 3.03. The number of hydrogen-bond donors (Lipinski definition) is 2. The molecule has 4 aromatic rings. The summed E-state index contributed by atoms with van der Waals surface area (Å²) in [6.07, 6.45) is 1.32. The van der Waals surface area contributed by atoms with Gasteiger partial charge in [0.1, 0.15) is 17.1 Å². The first kappa shape index (κ1) is 18.6. The van der Waals surface area contributed by atoms with Gasteiger partial charge in [-0.2, -0.15) is 0 Å². The second-order valence-electron chi connectivity index (χ2n) is 6.75. The summed E-state index contributed by atoms with van der Waals surface area (Å²) in [6, 6.07) is 8.60. The Bertz CT molecular complexity index is 1280. The highest BCUT2D eigenvalue weighted by Gasteiger charge is 2.28. The van der Waals surface area contributed by atoms with Crippen molar-refractivity contribution in [3.63, 3.8) is 0 Å². The maximum Gasteiger partial charge on any atom is 0.289 e. The molecule has 4 heterocycles. The van der Waals surface area contributed by atoms with E-state index in [-0.39, 0.29) is 22.9 Å². The molecule has 0 unspecified atom stereocenters.